The molecule has 0 radical (unpaired) electrons. The molecule has 0 fully saturated rings. The van der Waals surface area contributed by atoms with Crippen molar-refractivity contribution >= 4 is 11.8 Å². The summed E-state index contributed by atoms with van der Waals surface area (Å²) in [6.45, 7) is 2.61. The summed E-state index contributed by atoms with van der Waals surface area (Å²) in [6.07, 6.45) is 3.33. The number of fused-ring (bicyclic) bond motifs is 3. The van der Waals surface area contributed by atoms with Crippen LogP contribution in [-0.4, -0.2) is 45.3 Å². The first-order chi connectivity index (χ1) is 18.1. The fourth-order valence-electron chi connectivity index (χ4n) is 4.20. The Bertz CT molecular complexity index is 1210. The molecule has 1 aliphatic rings. The van der Waals surface area contributed by atoms with Crippen molar-refractivity contribution in [3.8, 4) is 11.5 Å². The number of hydrogen-bond acceptors (Lipinski definition) is 5. The van der Waals surface area contributed by atoms with Gasteiger partial charge in [0.25, 0.3) is 11.8 Å². The predicted molar refractivity (Wildman–Crippen MR) is 142 cm³/mol. The lowest BCUT2D eigenvalue weighted by Crippen LogP contribution is -2.24. The lowest BCUT2D eigenvalue weighted by atomic mass is 9.99. The second kappa shape index (κ2) is 13.5. The standard InChI is InChI=1S/C30H34N2O5/c1-35-15-16-36-27-10-6-8-23(19-27)21-32-30(34)25-11-12-28-26(20-25)18-22-7-5-9-24(17-22)29(33)31-13-3-2-4-14-37-28/h5-12,17,19-20H,2-4,13-16,18,21H2,1H3,(H,31,33)(H,32,34). The highest BCUT2D eigenvalue weighted by atomic mass is 16.5. The first-order valence-corrected chi connectivity index (χ1v) is 12.7. The first kappa shape index (κ1) is 26.2. The molecule has 0 aromatic heterocycles. The van der Waals surface area contributed by atoms with E-state index in [0.717, 1.165) is 47.5 Å². The molecule has 0 saturated carbocycles. The van der Waals surface area contributed by atoms with Crippen molar-refractivity contribution in [2.45, 2.75) is 32.2 Å². The average molecular weight is 503 g/mol. The fraction of sp³-hybridized carbons (Fsp3) is 0.333. The second-order valence-electron chi connectivity index (χ2n) is 9.04. The van der Waals surface area contributed by atoms with E-state index in [1.807, 2.05) is 60.7 Å². The smallest absolute Gasteiger partial charge is 0.251 e. The number of rotatable bonds is 7. The topological polar surface area (TPSA) is 85.9 Å². The summed E-state index contributed by atoms with van der Waals surface area (Å²) in [5.41, 5.74) is 4.04. The van der Waals surface area contributed by atoms with Gasteiger partial charge in [-0.15, -0.1) is 0 Å². The zero-order valence-electron chi connectivity index (χ0n) is 21.3. The molecule has 0 saturated heterocycles. The summed E-state index contributed by atoms with van der Waals surface area (Å²) < 4.78 is 16.8. The van der Waals surface area contributed by atoms with Gasteiger partial charge in [-0.3, -0.25) is 9.59 Å². The maximum Gasteiger partial charge on any atom is 0.251 e. The monoisotopic (exact) mass is 502 g/mol. The van der Waals surface area contributed by atoms with Gasteiger partial charge in [0.15, 0.2) is 0 Å². The highest BCUT2D eigenvalue weighted by Gasteiger charge is 2.14. The van der Waals surface area contributed by atoms with Crippen molar-refractivity contribution < 1.29 is 23.8 Å². The van der Waals surface area contributed by atoms with E-state index >= 15 is 0 Å². The van der Waals surface area contributed by atoms with E-state index in [0.29, 0.717) is 50.5 Å². The number of ether oxygens (including phenoxy) is 3. The molecule has 2 N–H and O–H groups in total. The minimum atomic E-state index is -0.166. The van der Waals surface area contributed by atoms with Gasteiger partial charge in [0.05, 0.1) is 13.2 Å². The maximum atomic E-state index is 13.0. The van der Waals surface area contributed by atoms with E-state index in [1.54, 1.807) is 13.2 Å². The quantitative estimate of drug-likeness (QED) is 0.464. The van der Waals surface area contributed by atoms with Gasteiger partial charge in [-0.25, -0.2) is 0 Å². The Morgan fingerprint density at radius 1 is 1.00 bits per heavy atom. The normalized spacial score (nSPS) is 13.9. The predicted octanol–water partition coefficient (Wildman–Crippen LogP) is 4.53. The molecule has 2 amide bonds. The molecular formula is C30H34N2O5. The van der Waals surface area contributed by atoms with Gasteiger partial charge in [-0.1, -0.05) is 24.3 Å². The Hall–Kier alpha value is -3.84. The Balaban J connectivity index is 1.48. The number of carbonyl (C=O) groups is 2. The van der Waals surface area contributed by atoms with E-state index in [1.165, 1.54) is 0 Å². The first-order valence-electron chi connectivity index (χ1n) is 12.7. The van der Waals surface area contributed by atoms with Gasteiger partial charge in [0.2, 0.25) is 0 Å². The molecule has 7 nitrogen and oxygen atoms in total. The second-order valence-corrected chi connectivity index (χ2v) is 9.04. The van der Waals surface area contributed by atoms with E-state index in [-0.39, 0.29) is 11.8 Å². The SMILES string of the molecule is COCCOc1cccc(CNC(=O)c2ccc3c(c2)Cc2cccc(c2)C(=O)NCCCCCO3)c1. The molecule has 37 heavy (non-hydrogen) atoms. The zero-order valence-corrected chi connectivity index (χ0v) is 21.3. The third kappa shape index (κ3) is 7.82. The minimum Gasteiger partial charge on any atom is -0.493 e. The van der Waals surface area contributed by atoms with Crippen LogP contribution in [0.15, 0.2) is 66.7 Å². The highest BCUT2D eigenvalue weighted by molar-refractivity contribution is 5.95. The summed E-state index contributed by atoms with van der Waals surface area (Å²) in [6, 6.07) is 20.8. The van der Waals surface area contributed by atoms with Crippen LogP contribution in [0.25, 0.3) is 0 Å². The van der Waals surface area contributed by atoms with Gasteiger partial charge in [0.1, 0.15) is 18.1 Å². The summed E-state index contributed by atoms with van der Waals surface area (Å²) in [7, 11) is 1.63. The number of carbonyl (C=O) groups excluding carboxylic acids is 2. The molecule has 194 valence electrons. The Kier molecular flexibility index (Phi) is 9.54. The minimum absolute atomic E-state index is 0.0586. The number of methoxy groups -OCH3 is 1. The van der Waals surface area contributed by atoms with Crippen LogP contribution in [-0.2, 0) is 17.7 Å². The van der Waals surface area contributed by atoms with Crippen LogP contribution < -0.4 is 20.1 Å². The lowest BCUT2D eigenvalue weighted by molar-refractivity contribution is 0.0943. The molecule has 3 aromatic rings. The number of nitrogens with one attached hydrogen (secondary N) is 2. The van der Waals surface area contributed by atoms with Crippen LogP contribution in [0.4, 0.5) is 0 Å². The molecule has 0 aliphatic carbocycles. The fourth-order valence-corrected chi connectivity index (χ4v) is 4.20. The summed E-state index contributed by atoms with van der Waals surface area (Å²) >= 11 is 0. The number of benzene rings is 3. The Labute approximate surface area is 218 Å². The van der Waals surface area contributed by atoms with Crippen molar-refractivity contribution in [2.24, 2.45) is 0 Å². The van der Waals surface area contributed by atoms with Crippen LogP contribution in [0.5, 0.6) is 11.5 Å². The van der Waals surface area contributed by atoms with Crippen LogP contribution >= 0.6 is 0 Å². The molecule has 0 atom stereocenters. The van der Waals surface area contributed by atoms with Crippen LogP contribution in [0.1, 0.15) is 56.7 Å². The largest absolute Gasteiger partial charge is 0.493 e. The van der Waals surface area contributed by atoms with Crippen molar-refractivity contribution in [1.29, 1.82) is 0 Å². The lowest BCUT2D eigenvalue weighted by Gasteiger charge is -2.15. The van der Waals surface area contributed by atoms with E-state index in [4.69, 9.17) is 14.2 Å². The highest BCUT2D eigenvalue weighted by Crippen LogP contribution is 2.25. The van der Waals surface area contributed by atoms with E-state index in [2.05, 4.69) is 10.6 Å². The van der Waals surface area contributed by atoms with Crippen molar-refractivity contribution in [3.05, 3.63) is 94.5 Å². The van der Waals surface area contributed by atoms with Crippen molar-refractivity contribution in [3.63, 3.8) is 0 Å². The summed E-state index contributed by atoms with van der Waals surface area (Å²) in [5.74, 6) is 1.28. The van der Waals surface area contributed by atoms with Gasteiger partial charge in [-0.2, -0.15) is 0 Å². The van der Waals surface area contributed by atoms with Crippen LogP contribution in [0.2, 0.25) is 0 Å². The maximum absolute atomic E-state index is 13.0. The number of amides is 2. The molecule has 3 aromatic carbocycles. The molecule has 4 rings (SSSR count). The van der Waals surface area contributed by atoms with Crippen LogP contribution in [0, 0.1) is 0 Å². The van der Waals surface area contributed by atoms with Gasteiger partial charge >= 0.3 is 0 Å². The molecule has 7 heteroatoms. The Morgan fingerprint density at radius 3 is 2.78 bits per heavy atom. The molecule has 0 unspecified atom stereocenters. The Morgan fingerprint density at radius 2 is 1.89 bits per heavy atom. The third-order valence-electron chi connectivity index (χ3n) is 6.18. The van der Waals surface area contributed by atoms with E-state index < -0.39 is 0 Å². The van der Waals surface area contributed by atoms with Crippen molar-refractivity contribution in [1.82, 2.24) is 10.6 Å². The zero-order chi connectivity index (χ0) is 25.9. The average Bonchev–Trinajstić information content (AvgIpc) is 2.92. The molecule has 1 aliphatic heterocycles. The molecule has 1 heterocycles. The number of hydrogen-bond donors (Lipinski definition) is 2. The third-order valence-corrected chi connectivity index (χ3v) is 6.18. The van der Waals surface area contributed by atoms with Gasteiger partial charge in [-0.05, 0) is 78.4 Å². The van der Waals surface area contributed by atoms with E-state index in [9.17, 15) is 9.59 Å². The summed E-state index contributed by atoms with van der Waals surface area (Å²) in [5, 5.41) is 5.98. The van der Waals surface area contributed by atoms with Crippen LogP contribution in [0.3, 0.4) is 0 Å². The van der Waals surface area contributed by atoms with Gasteiger partial charge < -0.3 is 24.8 Å². The molecule has 0 spiro atoms. The molecule has 2 bridgehead atoms. The van der Waals surface area contributed by atoms with Crippen molar-refractivity contribution in [2.75, 3.05) is 33.5 Å². The van der Waals surface area contributed by atoms with Gasteiger partial charge in [0, 0.05) is 37.7 Å². The summed E-state index contributed by atoms with van der Waals surface area (Å²) in [4.78, 5) is 25.5. The molecular weight excluding hydrogens is 468 g/mol.